The molecular formula is C25H31F5N8O3S. The van der Waals surface area contributed by atoms with Crippen LogP contribution < -0.4 is 15.6 Å². The van der Waals surface area contributed by atoms with Gasteiger partial charge >= 0.3 is 6.18 Å². The van der Waals surface area contributed by atoms with Gasteiger partial charge in [-0.15, -0.1) is 0 Å². The number of nitrogens with one attached hydrogen (secondary N) is 2. The van der Waals surface area contributed by atoms with Crippen molar-refractivity contribution in [2.75, 3.05) is 29.9 Å². The van der Waals surface area contributed by atoms with Crippen LogP contribution in [0.2, 0.25) is 0 Å². The summed E-state index contributed by atoms with van der Waals surface area (Å²) in [6.45, 7) is 3.52. The van der Waals surface area contributed by atoms with Gasteiger partial charge in [0.15, 0.2) is 0 Å². The largest absolute Gasteiger partial charge is 0.390 e. The van der Waals surface area contributed by atoms with Gasteiger partial charge in [0.1, 0.15) is 5.65 Å². The molecule has 3 heterocycles. The summed E-state index contributed by atoms with van der Waals surface area (Å²) in [5.74, 6) is -4.43. The van der Waals surface area contributed by atoms with Gasteiger partial charge in [0, 0.05) is 48.0 Å². The van der Waals surface area contributed by atoms with Gasteiger partial charge in [0.25, 0.3) is 11.5 Å². The summed E-state index contributed by atoms with van der Waals surface area (Å²) in [5, 5.41) is 3.45. The second-order valence-corrected chi connectivity index (χ2v) is 12.6. The Morgan fingerprint density at radius 2 is 1.74 bits per heavy atom. The molecule has 0 bridgehead atoms. The molecule has 11 nitrogen and oxygen atoms in total. The number of nitrogens with zero attached hydrogens (tertiary/aromatic N) is 6. The van der Waals surface area contributed by atoms with Gasteiger partial charge in [-0.3, -0.25) is 14.1 Å². The van der Waals surface area contributed by atoms with Crippen LogP contribution in [0.15, 0.2) is 29.5 Å². The lowest BCUT2D eigenvalue weighted by atomic mass is 9.87. The predicted octanol–water partition coefficient (Wildman–Crippen LogP) is 4.05. The maximum absolute atomic E-state index is 14.7. The first-order valence-electron chi connectivity index (χ1n) is 13.1. The number of alkyl halides is 5. The summed E-state index contributed by atoms with van der Waals surface area (Å²) in [4.78, 5) is 31.5. The van der Waals surface area contributed by atoms with Crippen molar-refractivity contribution in [3.63, 3.8) is 0 Å². The summed E-state index contributed by atoms with van der Waals surface area (Å²) < 4.78 is 93.8. The molecule has 0 radical (unpaired) electrons. The minimum absolute atomic E-state index is 0.110. The molecule has 1 aliphatic rings. The minimum atomic E-state index is -4.65. The smallest absolute Gasteiger partial charge is 0.351 e. The molecule has 0 saturated heterocycles. The van der Waals surface area contributed by atoms with E-state index in [0.29, 0.717) is 18.2 Å². The summed E-state index contributed by atoms with van der Waals surface area (Å²) in [6, 6.07) is -0.287. The molecule has 1 saturated carbocycles. The summed E-state index contributed by atoms with van der Waals surface area (Å²) >= 11 is 0. The molecule has 0 amide bonds. The molecule has 0 unspecified atom stereocenters. The van der Waals surface area contributed by atoms with E-state index in [-0.39, 0.29) is 35.2 Å². The highest BCUT2D eigenvalue weighted by atomic mass is 32.2. The Morgan fingerprint density at radius 3 is 2.31 bits per heavy atom. The molecule has 3 aromatic rings. The van der Waals surface area contributed by atoms with Gasteiger partial charge in [-0.25, -0.2) is 32.2 Å². The number of hydrogen-bond donors (Lipinski definition) is 2. The van der Waals surface area contributed by atoms with E-state index in [2.05, 4.69) is 25.3 Å². The van der Waals surface area contributed by atoms with Crippen LogP contribution >= 0.6 is 0 Å². The van der Waals surface area contributed by atoms with Crippen molar-refractivity contribution in [3.8, 4) is 11.1 Å². The molecule has 42 heavy (non-hydrogen) atoms. The van der Waals surface area contributed by atoms with Crippen molar-refractivity contribution in [1.82, 2.24) is 29.4 Å². The van der Waals surface area contributed by atoms with E-state index in [0.717, 1.165) is 0 Å². The van der Waals surface area contributed by atoms with Gasteiger partial charge in [0.2, 0.25) is 21.9 Å². The third kappa shape index (κ3) is 7.29. The maximum Gasteiger partial charge on any atom is 0.390 e. The molecule has 230 valence electrons. The van der Waals surface area contributed by atoms with Gasteiger partial charge in [-0.05, 0) is 46.9 Å². The van der Waals surface area contributed by atoms with Crippen molar-refractivity contribution in [2.45, 2.75) is 69.8 Å². The highest BCUT2D eigenvalue weighted by Gasteiger charge is 2.46. The number of sulfonamides is 1. The molecule has 4 rings (SSSR count). The lowest BCUT2D eigenvalue weighted by Gasteiger charge is -2.39. The van der Waals surface area contributed by atoms with Crippen LogP contribution in [0.3, 0.4) is 0 Å². The fourth-order valence-electron chi connectivity index (χ4n) is 4.91. The maximum atomic E-state index is 14.7. The molecule has 3 aromatic heterocycles. The second kappa shape index (κ2) is 11.7. The first-order chi connectivity index (χ1) is 19.5. The number of anilines is 2. The third-order valence-corrected chi connectivity index (χ3v) is 8.14. The zero-order chi connectivity index (χ0) is 31.0. The fraction of sp³-hybridized carbons (Fsp3) is 0.560. The molecule has 1 aliphatic carbocycles. The van der Waals surface area contributed by atoms with Gasteiger partial charge in [-0.1, -0.05) is 0 Å². The van der Waals surface area contributed by atoms with Gasteiger partial charge in [0.05, 0.1) is 23.8 Å². The third-order valence-electron chi connectivity index (χ3n) is 6.90. The molecule has 0 aliphatic heterocycles. The zero-order valence-electron chi connectivity index (χ0n) is 23.3. The van der Waals surface area contributed by atoms with Crippen LogP contribution in [0, 0.1) is 0 Å². The van der Waals surface area contributed by atoms with Gasteiger partial charge < -0.3 is 10.2 Å². The summed E-state index contributed by atoms with van der Waals surface area (Å²) in [7, 11) is -1.10. The number of rotatable bonds is 9. The summed E-state index contributed by atoms with van der Waals surface area (Å²) in [5.41, 5.74) is 0.174. The van der Waals surface area contributed by atoms with Crippen LogP contribution in [-0.2, 0) is 10.0 Å². The van der Waals surface area contributed by atoms with E-state index in [1.165, 1.54) is 34.1 Å². The van der Waals surface area contributed by atoms with Crippen molar-refractivity contribution in [2.24, 2.45) is 0 Å². The topological polar surface area (TPSA) is 135 Å². The Kier molecular flexibility index (Phi) is 8.74. The molecular weight excluding hydrogens is 587 g/mol. The van der Waals surface area contributed by atoms with Crippen LogP contribution in [0.5, 0.6) is 0 Å². The molecule has 2 N–H and O–H groups in total. The van der Waals surface area contributed by atoms with Crippen LogP contribution in [0.1, 0.15) is 45.6 Å². The number of halogens is 5. The predicted molar refractivity (Wildman–Crippen MR) is 147 cm³/mol. The Morgan fingerprint density at radius 1 is 1.10 bits per heavy atom. The number of aromatic nitrogens is 5. The fourth-order valence-corrected chi connectivity index (χ4v) is 5.90. The molecule has 1 fully saturated rings. The van der Waals surface area contributed by atoms with E-state index in [4.69, 9.17) is 0 Å². The summed E-state index contributed by atoms with van der Waals surface area (Å²) in [6.07, 6.45) is -1.99. The molecule has 17 heteroatoms. The highest BCUT2D eigenvalue weighted by molar-refractivity contribution is 7.92. The standard InChI is InChI=1S/C25H31F5N8O3S/c1-14(2)38-20-15(11-33-23(35-20)34-17-5-6-19(37(3)4)24(26,27)10-17)9-18(21(38)39)16-12-31-22(32-13-16)36-42(40,41)8-7-25(28,29)30/h9,11-14,17,19H,5-8,10H2,1-4H3,(H,31,32,36)(H,33,34,35)/t17-,19-/m1/s1. The SMILES string of the molecule is CC(C)n1c(=O)c(-c2cnc(NS(=O)(=O)CCC(F)(F)F)nc2)cc2cnc(N[C@@H]3CC[C@@H](N(C)C)C(F)(F)C3)nc21. The Bertz CT molecular complexity index is 1590. The molecule has 0 aromatic carbocycles. The zero-order valence-corrected chi connectivity index (χ0v) is 24.1. The minimum Gasteiger partial charge on any atom is -0.351 e. The van der Waals surface area contributed by atoms with Crippen molar-refractivity contribution < 1.29 is 30.4 Å². The Hall–Kier alpha value is -3.47. The first-order valence-corrected chi connectivity index (χ1v) is 14.7. The van der Waals surface area contributed by atoms with Crippen molar-refractivity contribution in [3.05, 3.63) is 35.0 Å². The first kappa shape index (κ1) is 31.5. The van der Waals surface area contributed by atoms with E-state index >= 15 is 0 Å². The normalized spacial score (nSPS) is 19.4. The van der Waals surface area contributed by atoms with Crippen LogP contribution in [-0.4, -0.2) is 81.9 Å². The highest BCUT2D eigenvalue weighted by Crippen LogP contribution is 2.37. The van der Waals surface area contributed by atoms with Crippen molar-refractivity contribution >= 4 is 33.0 Å². The number of hydrogen-bond acceptors (Lipinski definition) is 9. The van der Waals surface area contributed by atoms with E-state index in [1.807, 2.05) is 4.72 Å². The second-order valence-electron chi connectivity index (χ2n) is 10.7. The average Bonchev–Trinajstić information content (AvgIpc) is 2.86. The monoisotopic (exact) mass is 618 g/mol. The number of fused-ring (bicyclic) bond motifs is 1. The Labute approximate surface area is 238 Å². The number of pyridine rings is 1. The average molecular weight is 619 g/mol. The molecule has 2 atom stereocenters. The molecule has 0 spiro atoms. The lowest BCUT2D eigenvalue weighted by Crippen LogP contribution is -2.51. The van der Waals surface area contributed by atoms with Crippen molar-refractivity contribution in [1.29, 1.82) is 0 Å². The van der Waals surface area contributed by atoms with E-state index in [9.17, 15) is 35.2 Å². The van der Waals surface area contributed by atoms with E-state index < -0.39 is 57.9 Å². The van der Waals surface area contributed by atoms with Crippen LogP contribution in [0.4, 0.5) is 33.8 Å². The Balaban J connectivity index is 1.59. The van der Waals surface area contributed by atoms with Crippen LogP contribution in [0.25, 0.3) is 22.2 Å². The van der Waals surface area contributed by atoms with E-state index in [1.54, 1.807) is 27.9 Å². The lowest BCUT2D eigenvalue weighted by molar-refractivity contribution is -0.129. The van der Waals surface area contributed by atoms with Gasteiger partial charge in [-0.2, -0.15) is 18.2 Å². The quantitative estimate of drug-likeness (QED) is 0.341.